The molecule has 0 saturated heterocycles. The number of ether oxygens (including phenoxy) is 1. The molecule has 2 heterocycles. The Morgan fingerprint density at radius 2 is 1.93 bits per heavy atom. The summed E-state index contributed by atoms with van der Waals surface area (Å²) in [5.41, 5.74) is 2.58. The molecule has 2 N–H and O–H groups in total. The SMILES string of the molecule is Cc1ncc(NC(=O)O)cc1-c1cc(Cl)nc(OCCO[Si](C)(C)C(C)(C)C)c1. The molecule has 158 valence electrons. The molecule has 0 atom stereocenters. The van der Waals surface area contributed by atoms with E-state index in [-0.39, 0.29) is 10.2 Å². The molecule has 0 bridgehead atoms. The molecular formula is C20H28ClN3O4Si. The van der Waals surface area contributed by atoms with Gasteiger partial charge in [-0.3, -0.25) is 10.3 Å². The molecule has 0 aromatic carbocycles. The number of hydrogen-bond acceptors (Lipinski definition) is 5. The zero-order chi connectivity index (χ0) is 21.8. The third kappa shape index (κ3) is 6.42. The number of hydrogen-bond donors (Lipinski definition) is 2. The first-order chi connectivity index (χ1) is 13.4. The molecule has 0 unspecified atom stereocenters. The highest BCUT2D eigenvalue weighted by Crippen LogP contribution is 2.36. The third-order valence-corrected chi connectivity index (χ3v) is 9.75. The fraction of sp³-hybridized carbons (Fsp3) is 0.450. The van der Waals surface area contributed by atoms with Gasteiger partial charge in [-0.15, -0.1) is 0 Å². The zero-order valence-corrected chi connectivity index (χ0v) is 19.4. The maximum absolute atomic E-state index is 10.9. The number of aryl methyl sites for hydroxylation is 1. The number of pyridine rings is 2. The monoisotopic (exact) mass is 437 g/mol. The minimum Gasteiger partial charge on any atom is -0.475 e. The molecule has 0 radical (unpaired) electrons. The second-order valence-corrected chi connectivity index (χ2v) is 13.5. The Kier molecular flexibility index (Phi) is 7.26. The standard InChI is InChI=1S/C20H28ClN3O4Si/c1-13-16(11-15(12-22-13)23-19(25)26)14-9-17(21)24-18(10-14)27-7-8-28-29(5,6)20(2,3)4/h9-12,23H,7-8H2,1-6H3,(H,25,26). The summed E-state index contributed by atoms with van der Waals surface area (Å²) in [4.78, 5) is 19.3. The van der Waals surface area contributed by atoms with Crippen LogP contribution >= 0.6 is 11.6 Å². The summed E-state index contributed by atoms with van der Waals surface area (Å²) in [6, 6.07) is 5.15. The lowest BCUT2D eigenvalue weighted by Crippen LogP contribution is -2.41. The number of rotatable bonds is 7. The molecule has 0 spiro atoms. The molecule has 7 nitrogen and oxygen atoms in total. The van der Waals surface area contributed by atoms with Gasteiger partial charge in [-0.05, 0) is 42.8 Å². The highest BCUT2D eigenvalue weighted by molar-refractivity contribution is 6.74. The Morgan fingerprint density at radius 1 is 1.24 bits per heavy atom. The minimum absolute atomic E-state index is 0.133. The van der Waals surface area contributed by atoms with Crippen molar-refractivity contribution < 1.29 is 19.1 Å². The number of anilines is 1. The topological polar surface area (TPSA) is 93.6 Å². The first-order valence-electron chi connectivity index (χ1n) is 9.30. The molecule has 9 heteroatoms. The van der Waals surface area contributed by atoms with Crippen molar-refractivity contribution in [1.82, 2.24) is 9.97 Å². The molecular weight excluding hydrogens is 410 g/mol. The average Bonchev–Trinajstić information content (AvgIpc) is 2.58. The smallest absolute Gasteiger partial charge is 0.409 e. The minimum atomic E-state index is -1.83. The lowest BCUT2D eigenvalue weighted by atomic mass is 10.1. The molecule has 0 saturated carbocycles. The second-order valence-electron chi connectivity index (χ2n) is 8.26. The fourth-order valence-corrected chi connectivity index (χ4v) is 3.61. The summed E-state index contributed by atoms with van der Waals surface area (Å²) in [6.45, 7) is 13.6. The van der Waals surface area contributed by atoms with Crippen LogP contribution in [0, 0.1) is 6.92 Å². The van der Waals surface area contributed by atoms with Crippen LogP contribution in [-0.4, -0.2) is 42.7 Å². The van der Waals surface area contributed by atoms with Crippen molar-refractivity contribution in [3.63, 3.8) is 0 Å². The van der Waals surface area contributed by atoms with Crippen molar-refractivity contribution in [2.24, 2.45) is 0 Å². The summed E-state index contributed by atoms with van der Waals surface area (Å²) >= 11 is 6.18. The van der Waals surface area contributed by atoms with E-state index in [1.807, 2.05) is 6.92 Å². The Labute approximate surface area is 177 Å². The number of halogens is 1. The average molecular weight is 438 g/mol. The Hall–Kier alpha value is -2.16. The molecule has 2 aromatic rings. The van der Waals surface area contributed by atoms with Gasteiger partial charge in [0.25, 0.3) is 0 Å². The van der Waals surface area contributed by atoms with Gasteiger partial charge in [0, 0.05) is 17.3 Å². The first-order valence-corrected chi connectivity index (χ1v) is 12.6. The van der Waals surface area contributed by atoms with E-state index in [0.717, 1.165) is 16.8 Å². The van der Waals surface area contributed by atoms with Crippen molar-refractivity contribution in [2.75, 3.05) is 18.5 Å². The highest BCUT2D eigenvalue weighted by Gasteiger charge is 2.36. The van der Waals surface area contributed by atoms with Crippen molar-refractivity contribution >= 4 is 31.7 Å². The summed E-state index contributed by atoms with van der Waals surface area (Å²) in [5.74, 6) is 0.377. The Bertz CT molecular complexity index is 885. The second kappa shape index (κ2) is 9.11. The van der Waals surface area contributed by atoms with Crippen LogP contribution in [0.3, 0.4) is 0 Å². The molecule has 2 rings (SSSR count). The van der Waals surface area contributed by atoms with Crippen LogP contribution in [-0.2, 0) is 4.43 Å². The molecule has 0 aliphatic heterocycles. The molecule has 0 aliphatic carbocycles. The van der Waals surface area contributed by atoms with Crippen LogP contribution < -0.4 is 10.1 Å². The van der Waals surface area contributed by atoms with Crippen LogP contribution in [0.1, 0.15) is 26.5 Å². The fourth-order valence-electron chi connectivity index (χ4n) is 2.38. The van der Waals surface area contributed by atoms with Gasteiger partial charge in [0.2, 0.25) is 5.88 Å². The van der Waals surface area contributed by atoms with E-state index in [1.54, 1.807) is 18.2 Å². The maximum Gasteiger partial charge on any atom is 0.409 e. The number of amides is 1. The van der Waals surface area contributed by atoms with E-state index in [9.17, 15) is 4.79 Å². The van der Waals surface area contributed by atoms with Gasteiger partial charge in [0.05, 0.1) is 18.5 Å². The Balaban J connectivity index is 2.14. The summed E-state index contributed by atoms with van der Waals surface area (Å²) in [5, 5.41) is 11.6. The van der Waals surface area contributed by atoms with E-state index in [4.69, 9.17) is 25.9 Å². The van der Waals surface area contributed by atoms with Crippen molar-refractivity contribution in [2.45, 2.75) is 45.8 Å². The lowest BCUT2D eigenvalue weighted by molar-refractivity contribution is 0.199. The molecule has 2 aromatic heterocycles. The van der Waals surface area contributed by atoms with Crippen LogP contribution in [0.5, 0.6) is 5.88 Å². The van der Waals surface area contributed by atoms with Gasteiger partial charge in [0.1, 0.15) is 11.8 Å². The van der Waals surface area contributed by atoms with Crippen molar-refractivity contribution in [3.8, 4) is 17.0 Å². The number of nitrogens with one attached hydrogen (secondary N) is 1. The van der Waals surface area contributed by atoms with Gasteiger partial charge < -0.3 is 14.3 Å². The zero-order valence-electron chi connectivity index (χ0n) is 17.7. The summed E-state index contributed by atoms with van der Waals surface area (Å²) < 4.78 is 11.9. The highest BCUT2D eigenvalue weighted by atomic mass is 35.5. The number of carbonyl (C=O) groups is 1. The number of carboxylic acid groups (broad SMARTS) is 1. The van der Waals surface area contributed by atoms with E-state index >= 15 is 0 Å². The van der Waals surface area contributed by atoms with Crippen molar-refractivity contribution in [3.05, 3.63) is 35.2 Å². The predicted molar refractivity (Wildman–Crippen MR) is 118 cm³/mol. The van der Waals surface area contributed by atoms with E-state index < -0.39 is 14.4 Å². The van der Waals surface area contributed by atoms with Gasteiger partial charge in [-0.1, -0.05) is 32.4 Å². The van der Waals surface area contributed by atoms with Crippen LogP contribution in [0.4, 0.5) is 10.5 Å². The summed E-state index contributed by atoms with van der Waals surface area (Å²) in [6.07, 6.45) is 0.311. The van der Waals surface area contributed by atoms with E-state index in [0.29, 0.717) is 24.8 Å². The lowest BCUT2D eigenvalue weighted by Gasteiger charge is -2.36. The predicted octanol–water partition coefficient (Wildman–Crippen LogP) is 5.60. The van der Waals surface area contributed by atoms with Crippen LogP contribution in [0.15, 0.2) is 24.4 Å². The maximum atomic E-state index is 10.9. The largest absolute Gasteiger partial charge is 0.475 e. The first kappa shape index (κ1) is 23.1. The third-order valence-electron chi connectivity index (χ3n) is 5.02. The molecule has 0 fully saturated rings. The van der Waals surface area contributed by atoms with Gasteiger partial charge >= 0.3 is 6.09 Å². The number of nitrogens with zero attached hydrogens (tertiary/aromatic N) is 2. The van der Waals surface area contributed by atoms with Gasteiger partial charge in [0.15, 0.2) is 8.32 Å². The van der Waals surface area contributed by atoms with Crippen LogP contribution in [0.2, 0.25) is 23.3 Å². The van der Waals surface area contributed by atoms with E-state index in [2.05, 4.69) is 49.1 Å². The van der Waals surface area contributed by atoms with Gasteiger partial charge in [-0.2, -0.15) is 0 Å². The normalized spacial score (nSPS) is 12.0. The van der Waals surface area contributed by atoms with E-state index in [1.165, 1.54) is 6.20 Å². The molecule has 1 amide bonds. The molecule has 0 aliphatic rings. The van der Waals surface area contributed by atoms with Crippen molar-refractivity contribution in [1.29, 1.82) is 0 Å². The van der Waals surface area contributed by atoms with Gasteiger partial charge in [-0.25, -0.2) is 9.78 Å². The number of aromatic nitrogens is 2. The quantitative estimate of drug-likeness (QED) is 0.333. The Morgan fingerprint density at radius 3 is 2.55 bits per heavy atom. The molecule has 29 heavy (non-hydrogen) atoms. The summed E-state index contributed by atoms with van der Waals surface area (Å²) in [7, 11) is -1.83. The van der Waals surface area contributed by atoms with Crippen LogP contribution in [0.25, 0.3) is 11.1 Å².